The molecule has 0 aliphatic carbocycles. The molecule has 0 saturated carbocycles. The summed E-state index contributed by atoms with van der Waals surface area (Å²) >= 11 is 0. The van der Waals surface area contributed by atoms with E-state index in [1.807, 2.05) is 6.92 Å². The summed E-state index contributed by atoms with van der Waals surface area (Å²) in [6.45, 7) is 3.34. The summed E-state index contributed by atoms with van der Waals surface area (Å²) in [5, 5.41) is 0. The molecular formula is C18H24F3NO3. The first-order valence-corrected chi connectivity index (χ1v) is 8.65. The van der Waals surface area contributed by atoms with Crippen LogP contribution in [0.1, 0.15) is 44.6 Å². The Hall–Kier alpha value is -1.47. The fourth-order valence-corrected chi connectivity index (χ4v) is 3.68. The molecule has 2 heterocycles. The number of nitrogen functional groups attached to an aromatic ring is 1. The van der Waals surface area contributed by atoms with Gasteiger partial charge in [-0.25, -0.2) is 0 Å². The fourth-order valence-electron chi connectivity index (χ4n) is 3.68. The van der Waals surface area contributed by atoms with Gasteiger partial charge in [0.25, 0.3) is 0 Å². The van der Waals surface area contributed by atoms with E-state index in [1.165, 1.54) is 12.1 Å². The number of rotatable bonds is 4. The maximum atomic E-state index is 13.2. The average Bonchev–Trinajstić information content (AvgIpc) is 2.92. The second kappa shape index (κ2) is 6.68. The van der Waals surface area contributed by atoms with E-state index in [1.54, 1.807) is 0 Å². The van der Waals surface area contributed by atoms with Crippen molar-refractivity contribution in [3.05, 3.63) is 23.8 Å². The monoisotopic (exact) mass is 359 g/mol. The molecule has 0 aromatic heterocycles. The molecule has 3 rings (SSSR count). The van der Waals surface area contributed by atoms with Gasteiger partial charge in [0, 0.05) is 12.3 Å². The first-order valence-electron chi connectivity index (χ1n) is 8.65. The van der Waals surface area contributed by atoms with Gasteiger partial charge < -0.3 is 19.9 Å². The van der Waals surface area contributed by atoms with E-state index < -0.39 is 17.3 Å². The highest BCUT2D eigenvalue weighted by Crippen LogP contribution is 2.45. The zero-order chi connectivity index (χ0) is 18.1. The van der Waals surface area contributed by atoms with Gasteiger partial charge in [0.2, 0.25) is 0 Å². The van der Waals surface area contributed by atoms with Crippen molar-refractivity contribution in [2.24, 2.45) is 0 Å². The van der Waals surface area contributed by atoms with Crippen LogP contribution < -0.4 is 10.5 Å². The van der Waals surface area contributed by atoms with Gasteiger partial charge >= 0.3 is 6.18 Å². The average molecular weight is 359 g/mol. The lowest BCUT2D eigenvalue weighted by Gasteiger charge is -2.37. The highest BCUT2D eigenvalue weighted by molar-refractivity contribution is 5.49. The van der Waals surface area contributed by atoms with Crippen LogP contribution in [0.4, 0.5) is 18.9 Å². The van der Waals surface area contributed by atoms with Crippen molar-refractivity contribution in [1.82, 2.24) is 0 Å². The smallest absolute Gasteiger partial charge is 0.420 e. The number of nitrogens with two attached hydrogens (primary N) is 1. The third kappa shape index (κ3) is 3.87. The van der Waals surface area contributed by atoms with Crippen LogP contribution >= 0.6 is 0 Å². The first kappa shape index (κ1) is 18.3. The van der Waals surface area contributed by atoms with Crippen LogP contribution in [0.3, 0.4) is 0 Å². The summed E-state index contributed by atoms with van der Waals surface area (Å²) in [5.74, 6) is -0.209. The summed E-state index contributed by atoms with van der Waals surface area (Å²) in [6.07, 6.45) is -0.382. The lowest BCUT2D eigenvalue weighted by molar-refractivity contribution is -0.169. The van der Waals surface area contributed by atoms with Crippen molar-refractivity contribution < 1.29 is 27.4 Å². The van der Waals surface area contributed by atoms with Crippen LogP contribution in [0.15, 0.2) is 18.2 Å². The van der Waals surface area contributed by atoms with Crippen LogP contribution in [0.5, 0.6) is 5.75 Å². The fraction of sp³-hybridized carbons (Fsp3) is 0.667. The molecule has 1 aromatic rings. The van der Waals surface area contributed by atoms with Crippen molar-refractivity contribution in [1.29, 1.82) is 0 Å². The van der Waals surface area contributed by atoms with Gasteiger partial charge in [-0.2, -0.15) is 13.2 Å². The number of anilines is 1. The maximum absolute atomic E-state index is 13.2. The first-order chi connectivity index (χ1) is 11.8. The quantitative estimate of drug-likeness (QED) is 0.820. The van der Waals surface area contributed by atoms with E-state index in [2.05, 4.69) is 0 Å². The standard InChI is InChI=1S/C18H24F3NO3/c1-2-16(7-8-17(25-16)6-3-9-23-11-17)12-24-15-5-4-13(22)10-14(15)18(19,20)21/h4-5,10H,2-3,6-9,11-12,22H2,1H3. The van der Waals surface area contributed by atoms with Gasteiger partial charge in [0.15, 0.2) is 0 Å². The Morgan fingerprint density at radius 3 is 2.68 bits per heavy atom. The SMILES string of the molecule is CCC1(COc2ccc(N)cc2C(F)(F)F)CCC2(CCCOC2)O1. The molecule has 2 saturated heterocycles. The second-order valence-electron chi connectivity index (χ2n) is 7.02. The molecule has 140 valence electrons. The van der Waals surface area contributed by atoms with E-state index in [-0.39, 0.29) is 23.6 Å². The second-order valence-corrected chi connectivity index (χ2v) is 7.02. The highest BCUT2D eigenvalue weighted by Gasteiger charge is 2.50. The highest BCUT2D eigenvalue weighted by atomic mass is 19.4. The third-order valence-electron chi connectivity index (χ3n) is 5.20. The van der Waals surface area contributed by atoms with Gasteiger partial charge in [0.05, 0.1) is 17.8 Å². The lowest BCUT2D eigenvalue weighted by Crippen LogP contribution is -2.44. The van der Waals surface area contributed by atoms with Crippen LogP contribution in [-0.4, -0.2) is 31.0 Å². The Morgan fingerprint density at radius 2 is 2.04 bits per heavy atom. The van der Waals surface area contributed by atoms with Crippen molar-refractivity contribution in [2.75, 3.05) is 25.6 Å². The van der Waals surface area contributed by atoms with Crippen LogP contribution in [0.25, 0.3) is 0 Å². The van der Waals surface area contributed by atoms with E-state index in [0.29, 0.717) is 13.0 Å². The van der Waals surface area contributed by atoms with Crippen LogP contribution in [0.2, 0.25) is 0 Å². The predicted molar refractivity (Wildman–Crippen MR) is 87.5 cm³/mol. The van der Waals surface area contributed by atoms with Crippen molar-refractivity contribution in [3.63, 3.8) is 0 Å². The Kier molecular flexibility index (Phi) is 4.90. The molecule has 2 fully saturated rings. The maximum Gasteiger partial charge on any atom is 0.420 e. The van der Waals surface area contributed by atoms with Gasteiger partial charge in [-0.15, -0.1) is 0 Å². The van der Waals surface area contributed by atoms with Gasteiger partial charge in [-0.1, -0.05) is 6.92 Å². The van der Waals surface area contributed by atoms with Crippen molar-refractivity contribution in [3.8, 4) is 5.75 Å². The van der Waals surface area contributed by atoms with Gasteiger partial charge in [-0.05, 0) is 50.3 Å². The number of ether oxygens (including phenoxy) is 3. The number of halogens is 3. The van der Waals surface area contributed by atoms with Crippen LogP contribution in [-0.2, 0) is 15.7 Å². The molecule has 25 heavy (non-hydrogen) atoms. The minimum atomic E-state index is -4.51. The number of benzene rings is 1. The Morgan fingerprint density at radius 1 is 1.24 bits per heavy atom. The van der Waals surface area contributed by atoms with E-state index in [0.717, 1.165) is 38.4 Å². The zero-order valence-electron chi connectivity index (χ0n) is 14.3. The minimum absolute atomic E-state index is 0.0558. The zero-order valence-corrected chi connectivity index (χ0v) is 14.3. The molecule has 2 aliphatic heterocycles. The van der Waals surface area contributed by atoms with Crippen molar-refractivity contribution >= 4 is 5.69 Å². The summed E-state index contributed by atoms with van der Waals surface area (Å²) in [6, 6.07) is 3.59. The molecular weight excluding hydrogens is 335 g/mol. The molecule has 0 amide bonds. The van der Waals surface area contributed by atoms with E-state index >= 15 is 0 Å². The normalized spacial score (nSPS) is 29.9. The molecule has 4 nitrogen and oxygen atoms in total. The molecule has 2 atom stereocenters. The van der Waals surface area contributed by atoms with Crippen molar-refractivity contribution in [2.45, 2.75) is 56.4 Å². The summed E-state index contributed by atoms with van der Waals surface area (Å²) < 4.78 is 57.1. The summed E-state index contributed by atoms with van der Waals surface area (Å²) in [5.41, 5.74) is 3.80. The molecule has 7 heteroatoms. The van der Waals surface area contributed by atoms with E-state index in [4.69, 9.17) is 19.9 Å². The molecule has 2 unspecified atom stereocenters. The van der Waals surface area contributed by atoms with Gasteiger partial charge in [0.1, 0.15) is 18.0 Å². The molecule has 1 aromatic carbocycles. The molecule has 2 aliphatic rings. The Balaban J connectivity index is 1.74. The third-order valence-corrected chi connectivity index (χ3v) is 5.20. The Bertz CT molecular complexity index is 614. The summed E-state index contributed by atoms with van der Waals surface area (Å²) in [7, 11) is 0. The number of hydrogen-bond donors (Lipinski definition) is 1. The van der Waals surface area contributed by atoms with Gasteiger partial charge in [-0.3, -0.25) is 0 Å². The molecule has 1 spiro atoms. The van der Waals surface area contributed by atoms with Crippen LogP contribution in [0, 0.1) is 0 Å². The number of alkyl halides is 3. The lowest BCUT2D eigenvalue weighted by atomic mass is 9.91. The minimum Gasteiger partial charge on any atom is -0.490 e. The predicted octanol–water partition coefficient (Wildman–Crippen LogP) is 4.17. The van der Waals surface area contributed by atoms with E-state index in [9.17, 15) is 13.2 Å². The topological polar surface area (TPSA) is 53.7 Å². The molecule has 2 N–H and O–H groups in total. The summed E-state index contributed by atoms with van der Waals surface area (Å²) in [4.78, 5) is 0. The Labute approximate surface area is 145 Å². The molecule has 0 bridgehead atoms. The number of hydrogen-bond acceptors (Lipinski definition) is 4. The largest absolute Gasteiger partial charge is 0.490 e. The molecule has 0 radical (unpaired) electrons.